The third-order valence-corrected chi connectivity index (χ3v) is 2.27. The van der Waals surface area contributed by atoms with Gasteiger partial charge in [0.25, 0.3) is 5.88 Å². The molecule has 0 amide bonds. The largest absolute Gasteiger partial charge is 0.476 e. The Morgan fingerprint density at radius 2 is 2.37 bits per heavy atom. The molecular formula is C9H11N7O3. The normalized spacial score (nSPS) is 10.2. The van der Waals surface area contributed by atoms with Gasteiger partial charge < -0.3 is 10.1 Å². The van der Waals surface area contributed by atoms with Crippen molar-refractivity contribution < 1.29 is 9.66 Å². The summed E-state index contributed by atoms with van der Waals surface area (Å²) < 4.78 is 6.43. The first-order valence-corrected chi connectivity index (χ1v) is 5.33. The summed E-state index contributed by atoms with van der Waals surface area (Å²) in [4.78, 5) is 17.9. The zero-order valence-corrected chi connectivity index (χ0v) is 10.1. The number of nitrogens with one attached hydrogen (secondary N) is 1. The van der Waals surface area contributed by atoms with Crippen molar-refractivity contribution in [3.8, 4) is 5.88 Å². The van der Waals surface area contributed by atoms with Crippen molar-refractivity contribution in [3.63, 3.8) is 0 Å². The molecule has 19 heavy (non-hydrogen) atoms. The van der Waals surface area contributed by atoms with Gasteiger partial charge in [0.15, 0.2) is 0 Å². The van der Waals surface area contributed by atoms with Crippen LogP contribution in [-0.2, 0) is 6.54 Å². The number of nitro groups is 1. The second-order valence-corrected chi connectivity index (χ2v) is 3.43. The summed E-state index contributed by atoms with van der Waals surface area (Å²) in [5.41, 5.74) is -0.288. The molecule has 0 aromatic carbocycles. The molecule has 0 saturated heterocycles. The Labute approximate surface area is 107 Å². The van der Waals surface area contributed by atoms with Crippen LogP contribution in [-0.4, -0.2) is 43.5 Å². The molecule has 10 nitrogen and oxygen atoms in total. The van der Waals surface area contributed by atoms with E-state index in [0.29, 0.717) is 13.1 Å². The average Bonchev–Trinajstić information content (AvgIpc) is 2.91. The SMILES string of the molecule is COc1ncnc(NCCn2ccnn2)c1[N+](=O)[O-]. The van der Waals surface area contributed by atoms with E-state index in [1.807, 2.05) is 0 Å². The van der Waals surface area contributed by atoms with Gasteiger partial charge in [0.1, 0.15) is 6.33 Å². The summed E-state index contributed by atoms with van der Waals surface area (Å²) >= 11 is 0. The standard InChI is InChI=1S/C9H11N7O3/c1-19-9-7(16(17)18)8(11-6-12-9)10-2-4-15-5-3-13-14-15/h3,5-6H,2,4H2,1H3,(H,10,11,12). The van der Waals surface area contributed by atoms with Crippen LogP contribution in [0.25, 0.3) is 0 Å². The molecule has 0 saturated carbocycles. The first kappa shape index (κ1) is 12.7. The molecule has 100 valence electrons. The van der Waals surface area contributed by atoms with E-state index in [4.69, 9.17) is 4.74 Å². The smallest absolute Gasteiger partial charge is 0.372 e. The number of hydrogen-bond donors (Lipinski definition) is 1. The van der Waals surface area contributed by atoms with E-state index in [2.05, 4.69) is 25.6 Å². The number of methoxy groups -OCH3 is 1. The van der Waals surface area contributed by atoms with Crippen LogP contribution in [0.15, 0.2) is 18.7 Å². The molecule has 0 atom stereocenters. The van der Waals surface area contributed by atoms with Crippen LogP contribution in [0.4, 0.5) is 11.5 Å². The van der Waals surface area contributed by atoms with Crippen LogP contribution >= 0.6 is 0 Å². The first-order valence-electron chi connectivity index (χ1n) is 5.33. The lowest BCUT2D eigenvalue weighted by Gasteiger charge is -2.07. The molecule has 0 bridgehead atoms. The van der Waals surface area contributed by atoms with Gasteiger partial charge in [-0.25, -0.2) is 4.98 Å². The fourth-order valence-electron chi connectivity index (χ4n) is 1.45. The van der Waals surface area contributed by atoms with Gasteiger partial charge in [0.05, 0.1) is 24.8 Å². The Kier molecular flexibility index (Phi) is 3.81. The molecule has 0 unspecified atom stereocenters. The van der Waals surface area contributed by atoms with Gasteiger partial charge in [-0.1, -0.05) is 5.21 Å². The van der Waals surface area contributed by atoms with E-state index in [9.17, 15) is 10.1 Å². The van der Waals surface area contributed by atoms with Crippen molar-refractivity contribution in [1.29, 1.82) is 0 Å². The number of anilines is 1. The molecule has 2 aromatic heterocycles. The topological polar surface area (TPSA) is 121 Å². The van der Waals surface area contributed by atoms with Crippen LogP contribution in [0.2, 0.25) is 0 Å². The maximum Gasteiger partial charge on any atom is 0.372 e. The van der Waals surface area contributed by atoms with Gasteiger partial charge >= 0.3 is 5.69 Å². The summed E-state index contributed by atoms with van der Waals surface area (Å²) in [6.07, 6.45) is 4.44. The molecule has 0 aliphatic carbocycles. The third-order valence-electron chi connectivity index (χ3n) is 2.27. The molecule has 0 aliphatic heterocycles. The fraction of sp³-hybridized carbons (Fsp3) is 0.333. The zero-order chi connectivity index (χ0) is 13.7. The molecule has 0 radical (unpaired) electrons. The minimum Gasteiger partial charge on any atom is -0.476 e. The second kappa shape index (κ2) is 5.71. The minimum absolute atomic E-state index is 0.0803. The summed E-state index contributed by atoms with van der Waals surface area (Å²) in [5.74, 6) is 0.0280. The number of rotatable bonds is 6. The van der Waals surface area contributed by atoms with E-state index in [-0.39, 0.29) is 17.4 Å². The van der Waals surface area contributed by atoms with E-state index < -0.39 is 4.92 Å². The van der Waals surface area contributed by atoms with Crippen LogP contribution in [0.1, 0.15) is 0 Å². The monoisotopic (exact) mass is 265 g/mol. The molecule has 2 rings (SSSR count). The van der Waals surface area contributed by atoms with Crippen molar-refractivity contribution in [2.75, 3.05) is 19.0 Å². The molecular weight excluding hydrogens is 254 g/mol. The zero-order valence-electron chi connectivity index (χ0n) is 10.1. The maximum atomic E-state index is 11.0. The van der Waals surface area contributed by atoms with E-state index in [0.717, 1.165) is 0 Å². The van der Waals surface area contributed by atoms with Crippen LogP contribution in [0.3, 0.4) is 0 Å². The highest BCUT2D eigenvalue weighted by Gasteiger charge is 2.23. The van der Waals surface area contributed by atoms with Crippen molar-refractivity contribution in [3.05, 3.63) is 28.8 Å². The molecule has 2 heterocycles. The molecule has 10 heteroatoms. The molecule has 0 fully saturated rings. The van der Waals surface area contributed by atoms with Crippen molar-refractivity contribution >= 4 is 11.5 Å². The number of hydrogen-bond acceptors (Lipinski definition) is 8. The van der Waals surface area contributed by atoms with E-state index in [1.165, 1.54) is 13.4 Å². The van der Waals surface area contributed by atoms with Gasteiger partial charge in [-0.15, -0.1) is 5.10 Å². The van der Waals surface area contributed by atoms with Crippen molar-refractivity contribution in [1.82, 2.24) is 25.0 Å². The predicted octanol–water partition coefficient (Wildman–Crippen LogP) is 0.0970. The number of aromatic nitrogens is 5. The van der Waals surface area contributed by atoms with Gasteiger partial charge in [0.2, 0.25) is 5.82 Å². The molecule has 2 aromatic rings. The lowest BCUT2D eigenvalue weighted by Crippen LogP contribution is -2.13. The Morgan fingerprint density at radius 3 is 3.00 bits per heavy atom. The lowest BCUT2D eigenvalue weighted by molar-refractivity contribution is -0.385. The summed E-state index contributed by atoms with van der Waals surface area (Å²) in [7, 11) is 1.31. The van der Waals surface area contributed by atoms with Gasteiger partial charge in [0, 0.05) is 12.7 Å². The fourth-order valence-corrected chi connectivity index (χ4v) is 1.45. The maximum absolute atomic E-state index is 11.0. The van der Waals surface area contributed by atoms with Crippen molar-refractivity contribution in [2.24, 2.45) is 0 Å². The highest BCUT2D eigenvalue weighted by molar-refractivity contribution is 5.60. The lowest BCUT2D eigenvalue weighted by atomic mass is 10.4. The van der Waals surface area contributed by atoms with Crippen LogP contribution in [0.5, 0.6) is 5.88 Å². The summed E-state index contributed by atoms with van der Waals surface area (Å²) in [5, 5.41) is 21.2. The molecule has 0 spiro atoms. The summed E-state index contributed by atoms with van der Waals surface area (Å²) in [6, 6.07) is 0. The summed E-state index contributed by atoms with van der Waals surface area (Å²) in [6.45, 7) is 0.911. The molecule has 0 aliphatic rings. The Morgan fingerprint density at radius 1 is 1.53 bits per heavy atom. The molecule has 1 N–H and O–H groups in total. The highest BCUT2D eigenvalue weighted by atomic mass is 16.6. The minimum atomic E-state index is -0.587. The van der Waals surface area contributed by atoms with Crippen molar-refractivity contribution in [2.45, 2.75) is 6.54 Å². The van der Waals surface area contributed by atoms with E-state index in [1.54, 1.807) is 17.1 Å². The van der Waals surface area contributed by atoms with E-state index >= 15 is 0 Å². The Hall–Kier alpha value is -2.78. The highest BCUT2D eigenvalue weighted by Crippen LogP contribution is 2.29. The average molecular weight is 265 g/mol. The predicted molar refractivity (Wildman–Crippen MR) is 63.8 cm³/mol. The third kappa shape index (κ3) is 2.91. The van der Waals surface area contributed by atoms with Gasteiger partial charge in [-0.2, -0.15) is 4.98 Å². The quantitative estimate of drug-likeness (QED) is 0.576. The van der Waals surface area contributed by atoms with Crippen LogP contribution in [0, 0.1) is 10.1 Å². The Bertz CT molecular complexity index is 557. The van der Waals surface area contributed by atoms with Crippen LogP contribution < -0.4 is 10.1 Å². The van der Waals surface area contributed by atoms with Gasteiger partial charge in [-0.3, -0.25) is 14.8 Å². The number of ether oxygens (including phenoxy) is 1. The second-order valence-electron chi connectivity index (χ2n) is 3.43. The number of nitrogens with zero attached hydrogens (tertiary/aromatic N) is 6. The Balaban J connectivity index is 2.09. The first-order chi connectivity index (χ1) is 9.22. The van der Waals surface area contributed by atoms with Gasteiger partial charge in [-0.05, 0) is 0 Å².